The van der Waals surface area contributed by atoms with E-state index in [9.17, 15) is 18.0 Å². The molecular weight excluding hydrogens is 511 g/mol. The monoisotopic (exact) mass is 535 g/mol. The van der Waals surface area contributed by atoms with E-state index in [4.69, 9.17) is 0 Å². The predicted molar refractivity (Wildman–Crippen MR) is 137 cm³/mol. The van der Waals surface area contributed by atoms with Crippen molar-refractivity contribution in [2.24, 2.45) is 0 Å². The molecule has 12 heteroatoms. The molecule has 1 aliphatic rings. The molecule has 0 radical (unpaired) electrons. The molecule has 0 atom stereocenters. The summed E-state index contributed by atoms with van der Waals surface area (Å²) in [5, 5.41) is 6.83. The number of hydrogen-bond acceptors (Lipinski definition) is 7. The Bertz CT molecular complexity index is 1550. The predicted octanol–water partition coefficient (Wildman–Crippen LogP) is 3.42. The zero-order chi connectivity index (χ0) is 27.4. The summed E-state index contributed by atoms with van der Waals surface area (Å²) < 4.78 is 45.4. The number of amides is 1. The highest BCUT2D eigenvalue weighted by Gasteiger charge is 2.32. The second-order valence-corrected chi connectivity index (χ2v) is 9.05. The Labute approximate surface area is 222 Å². The zero-order valence-electron chi connectivity index (χ0n) is 20.9. The zero-order valence-corrected chi connectivity index (χ0v) is 20.9. The number of piperazine rings is 1. The van der Waals surface area contributed by atoms with E-state index in [2.05, 4.69) is 46.8 Å². The molecule has 9 nitrogen and oxygen atoms in total. The number of carbonyl (C=O) groups is 1. The topological polar surface area (TPSA) is 87.9 Å². The van der Waals surface area contributed by atoms with E-state index in [-0.39, 0.29) is 17.0 Å². The fourth-order valence-electron chi connectivity index (χ4n) is 4.12. The standard InChI is InChI=1S/C27H24F3N7O2/c1-35-9-11-36(12-10-35)18-20-5-6-22(14-24(20)39-27(28,29)30)34-26(38)21-13-19(15-31-16-21)4-7-23-17-32-25-3-2-8-33-37(23)25/h2-3,5-6,8,13-17H,9-12,18H2,1H3,(H,34,38). The van der Waals surface area contributed by atoms with Gasteiger partial charge in [0.25, 0.3) is 5.91 Å². The Kier molecular flexibility index (Phi) is 7.44. The number of alkyl halides is 3. The molecule has 1 aliphatic heterocycles. The van der Waals surface area contributed by atoms with Gasteiger partial charge < -0.3 is 15.0 Å². The number of aromatic nitrogens is 4. The van der Waals surface area contributed by atoms with Crippen molar-refractivity contribution in [3.63, 3.8) is 0 Å². The van der Waals surface area contributed by atoms with E-state index < -0.39 is 12.3 Å². The number of halogens is 3. The van der Waals surface area contributed by atoms with Crippen LogP contribution in [0.3, 0.4) is 0 Å². The van der Waals surface area contributed by atoms with Gasteiger partial charge in [-0.3, -0.25) is 14.7 Å². The van der Waals surface area contributed by atoms with Gasteiger partial charge in [-0.25, -0.2) is 9.50 Å². The Morgan fingerprint density at radius 1 is 1.08 bits per heavy atom. The molecular formula is C27H24F3N7O2. The number of benzene rings is 1. The van der Waals surface area contributed by atoms with Crippen LogP contribution in [0.2, 0.25) is 0 Å². The maximum absolute atomic E-state index is 13.2. The average Bonchev–Trinajstić information content (AvgIpc) is 3.32. The molecule has 200 valence electrons. The average molecular weight is 536 g/mol. The minimum atomic E-state index is -4.87. The van der Waals surface area contributed by atoms with Crippen LogP contribution in [0.5, 0.6) is 5.75 Å². The van der Waals surface area contributed by atoms with Crippen LogP contribution in [0.25, 0.3) is 5.65 Å². The summed E-state index contributed by atoms with van der Waals surface area (Å²) in [6.07, 6.45) is 1.20. The van der Waals surface area contributed by atoms with Gasteiger partial charge in [0.1, 0.15) is 11.4 Å². The SMILES string of the molecule is CN1CCN(Cc2ccc(NC(=O)c3cncc(C#Cc4cnc5cccnn45)c3)cc2OC(F)(F)F)CC1. The molecule has 0 spiro atoms. The molecule has 1 N–H and O–H groups in total. The third-order valence-corrected chi connectivity index (χ3v) is 6.15. The summed E-state index contributed by atoms with van der Waals surface area (Å²) in [6, 6.07) is 9.40. The molecule has 1 fully saturated rings. The lowest BCUT2D eigenvalue weighted by molar-refractivity contribution is -0.275. The Balaban J connectivity index is 1.32. The summed E-state index contributed by atoms with van der Waals surface area (Å²) in [5.74, 6) is 5.00. The van der Waals surface area contributed by atoms with E-state index in [1.54, 1.807) is 47.2 Å². The van der Waals surface area contributed by atoms with Gasteiger partial charge in [-0.2, -0.15) is 5.10 Å². The van der Waals surface area contributed by atoms with Gasteiger partial charge >= 0.3 is 6.36 Å². The summed E-state index contributed by atoms with van der Waals surface area (Å²) >= 11 is 0. The Morgan fingerprint density at radius 3 is 2.69 bits per heavy atom. The lowest BCUT2D eigenvalue weighted by Crippen LogP contribution is -2.43. The molecule has 1 saturated heterocycles. The van der Waals surface area contributed by atoms with Crippen LogP contribution < -0.4 is 10.1 Å². The van der Waals surface area contributed by atoms with Gasteiger partial charge in [-0.05, 0) is 37.2 Å². The van der Waals surface area contributed by atoms with Crippen molar-refractivity contribution in [2.75, 3.05) is 38.5 Å². The first-order valence-electron chi connectivity index (χ1n) is 12.1. The van der Waals surface area contributed by atoms with E-state index in [0.717, 1.165) is 26.2 Å². The summed E-state index contributed by atoms with van der Waals surface area (Å²) in [5.41, 5.74) is 2.42. The third kappa shape index (κ3) is 6.70. The highest BCUT2D eigenvalue weighted by molar-refractivity contribution is 6.04. The third-order valence-electron chi connectivity index (χ3n) is 6.15. The number of rotatable bonds is 5. The molecule has 4 aromatic rings. The van der Waals surface area contributed by atoms with Crippen molar-refractivity contribution in [2.45, 2.75) is 12.9 Å². The van der Waals surface area contributed by atoms with Gasteiger partial charge in [-0.15, -0.1) is 13.2 Å². The summed E-state index contributed by atoms with van der Waals surface area (Å²) in [6.45, 7) is 3.44. The number of pyridine rings is 1. The smallest absolute Gasteiger partial charge is 0.405 e. The molecule has 5 rings (SSSR count). The second kappa shape index (κ2) is 11.1. The Morgan fingerprint density at radius 2 is 1.90 bits per heavy atom. The number of hydrogen-bond donors (Lipinski definition) is 1. The Hall–Kier alpha value is -4.47. The number of carbonyl (C=O) groups excluding carboxylic acids is 1. The maximum Gasteiger partial charge on any atom is 0.573 e. The molecule has 1 aromatic carbocycles. The molecule has 0 bridgehead atoms. The van der Waals surface area contributed by atoms with Crippen LogP contribution in [0, 0.1) is 11.8 Å². The highest BCUT2D eigenvalue weighted by Crippen LogP contribution is 2.30. The first-order chi connectivity index (χ1) is 18.7. The van der Waals surface area contributed by atoms with Gasteiger partial charge in [-0.1, -0.05) is 12.0 Å². The van der Waals surface area contributed by atoms with E-state index in [0.29, 0.717) is 29.0 Å². The molecule has 0 saturated carbocycles. The van der Waals surface area contributed by atoms with Gasteiger partial charge in [0.15, 0.2) is 5.65 Å². The number of anilines is 1. The minimum absolute atomic E-state index is 0.162. The van der Waals surface area contributed by atoms with Crippen LogP contribution in [0.1, 0.15) is 27.2 Å². The normalized spacial score (nSPS) is 14.6. The second-order valence-electron chi connectivity index (χ2n) is 9.05. The minimum Gasteiger partial charge on any atom is -0.405 e. The van der Waals surface area contributed by atoms with Crippen LogP contribution in [-0.4, -0.2) is 74.9 Å². The van der Waals surface area contributed by atoms with E-state index >= 15 is 0 Å². The maximum atomic E-state index is 13.2. The lowest BCUT2D eigenvalue weighted by atomic mass is 10.1. The van der Waals surface area contributed by atoms with Crippen molar-refractivity contribution < 1.29 is 22.7 Å². The van der Waals surface area contributed by atoms with Gasteiger partial charge in [0, 0.05) is 74.2 Å². The van der Waals surface area contributed by atoms with Crippen molar-refractivity contribution >= 4 is 17.2 Å². The number of likely N-dealkylation sites (N-methyl/N-ethyl adjacent to an activating group) is 1. The quantitative estimate of drug-likeness (QED) is 0.392. The van der Waals surface area contributed by atoms with Gasteiger partial charge in [0.05, 0.1) is 11.8 Å². The fourth-order valence-corrected chi connectivity index (χ4v) is 4.12. The molecule has 0 aliphatic carbocycles. The summed E-state index contributed by atoms with van der Waals surface area (Å²) in [4.78, 5) is 25.4. The first-order valence-corrected chi connectivity index (χ1v) is 12.1. The number of imidazole rings is 1. The van der Waals surface area contributed by atoms with Crippen LogP contribution >= 0.6 is 0 Å². The van der Waals surface area contributed by atoms with Crippen molar-refractivity contribution in [1.29, 1.82) is 0 Å². The van der Waals surface area contributed by atoms with Crippen molar-refractivity contribution in [1.82, 2.24) is 29.4 Å². The number of nitrogens with zero attached hydrogens (tertiary/aromatic N) is 6. The van der Waals surface area contributed by atoms with E-state index in [1.165, 1.54) is 18.5 Å². The van der Waals surface area contributed by atoms with Gasteiger partial charge in [0.2, 0.25) is 0 Å². The lowest BCUT2D eigenvalue weighted by Gasteiger charge is -2.32. The molecule has 3 aromatic heterocycles. The highest BCUT2D eigenvalue weighted by atomic mass is 19.4. The molecule has 0 unspecified atom stereocenters. The number of ether oxygens (including phenoxy) is 1. The van der Waals surface area contributed by atoms with Crippen LogP contribution in [-0.2, 0) is 6.54 Å². The van der Waals surface area contributed by atoms with Crippen molar-refractivity contribution in [3.05, 3.63) is 83.6 Å². The summed E-state index contributed by atoms with van der Waals surface area (Å²) in [7, 11) is 2.00. The number of fused-ring (bicyclic) bond motifs is 1. The van der Waals surface area contributed by atoms with Crippen molar-refractivity contribution in [3.8, 4) is 17.6 Å². The number of nitrogens with one attached hydrogen (secondary N) is 1. The largest absolute Gasteiger partial charge is 0.573 e. The van der Waals surface area contributed by atoms with Crippen LogP contribution in [0.15, 0.2) is 61.2 Å². The van der Waals surface area contributed by atoms with Crippen LogP contribution in [0.4, 0.5) is 18.9 Å². The first kappa shape index (κ1) is 26.1. The van der Waals surface area contributed by atoms with E-state index in [1.807, 2.05) is 7.05 Å². The molecule has 4 heterocycles. The molecule has 39 heavy (non-hydrogen) atoms. The fraction of sp³-hybridized carbons (Fsp3) is 0.259. The molecule has 1 amide bonds.